The minimum Gasteiger partial charge on any atom is -0.478 e. The van der Waals surface area contributed by atoms with Gasteiger partial charge in [0.2, 0.25) is 10.0 Å². The number of carboxylic acid groups (broad SMARTS) is 1. The summed E-state index contributed by atoms with van der Waals surface area (Å²) in [5.74, 6) is -0.728. The van der Waals surface area contributed by atoms with Gasteiger partial charge in [-0.1, -0.05) is 30.4 Å². The number of furan rings is 1. The van der Waals surface area contributed by atoms with Gasteiger partial charge in [0, 0.05) is 49.9 Å². The topological polar surface area (TPSA) is 126 Å². The molecule has 1 amide bonds. The summed E-state index contributed by atoms with van der Waals surface area (Å²) < 4.78 is 53.5. The Kier molecular flexibility index (Phi) is 9.87. The van der Waals surface area contributed by atoms with Crippen LogP contribution in [0, 0.1) is 11.8 Å². The molecule has 2 aromatic rings. The van der Waals surface area contributed by atoms with E-state index in [9.17, 15) is 22.4 Å². The zero-order chi connectivity index (χ0) is 31.4. The van der Waals surface area contributed by atoms with Gasteiger partial charge in [-0.3, -0.25) is 4.79 Å². The molecule has 0 radical (unpaired) electrons. The van der Waals surface area contributed by atoms with Gasteiger partial charge in [-0.05, 0) is 67.9 Å². The third-order valence-electron chi connectivity index (χ3n) is 8.36. The van der Waals surface area contributed by atoms with E-state index in [1.807, 2.05) is 12.2 Å². The molecule has 1 saturated carbocycles. The van der Waals surface area contributed by atoms with Crippen molar-refractivity contribution >= 4 is 39.6 Å². The fourth-order valence-electron chi connectivity index (χ4n) is 5.95. The number of amides is 1. The molecule has 1 aromatic heterocycles. The van der Waals surface area contributed by atoms with Crippen LogP contribution in [0.3, 0.4) is 0 Å². The summed E-state index contributed by atoms with van der Waals surface area (Å²) in [6.07, 6.45) is 12.9. The first-order chi connectivity index (χ1) is 21.1. The van der Waals surface area contributed by atoms with Crippen LogP contribution in [0.5, 0.6) is 0 Å². The smallest absolute Gasteiger partial charge is 0.335 e. The number of rotatable bonds is 14. The molecule has 1 aromatic carbocycles. The summed E-state index contributed by atoms with van der Waals surface area (Å²) >= 11 is 0. The average Bonchev–Trinajstić information content (AvgIpc) is 3.78. The highest BCUT2D eigenvalue weighted by molar-refractivity contribution is 7.88. The molecule has 3 unspecified atom stereocenters. The highest BCUT2D eigenvalue weighted by atomic mass is 32.2. The van der Waals surface area contributed by atoms with Crippen LogP contribution in [0.1, 0.15) is 64.1 Å². The fraction of sp³-hybridized carbons (Fsp3) is 0.455. The number of carboxylic acids is 1. The molecule has 3 aliphatic carbocycles. The molecular weight excluding hydrogens is 587 g/mol. The van der Waals surface area contributed by atoms with Gasteiger partial charge in [0.1, 0.15) is 17.3 Å². The second-order valence-corrected chi connectivity index (χ2v) is 13.6. The third-order valence-corrected chi connectivity index (χ3v) is 9.64. The molecular formula is C33H39FN2O7S. The van der Waals surface area contributed by atoms with Gasteiger partial charge in [0.25, 0.3) is 5.91 Å². The summed E-state index contributed by atoms with van der Waals surface area (Å²) in [6, 6.07) is 6.30. The quantitative estimate of drug-likeness (QED) is 0.308. The lowest BCUT2D eigenvalue weighted by Crippen LogP contribution is -2.48. The molecule has 3 atom stereocenters. The Labute approximate surface area is 256 Å². The number of halogens is 1. The summed E-state index contributed by atoms with van der Waals surface area (Å²) in [5.41, 5.74) is 2.73. The van der Waals surface area contributed by atoms with E-state index in [4.69, 9.17) is 14.3 Å². The van der Waals surface area contributed by atoms with Crippen molar-refractivity contribution in [1.29, 1.82) is 0 Å². The van der Waals surface area contributed by atoms with Crippen molar-refractivity contribution in [2.24, 2.45) is 11.8 Å². The van der Waals surface area contributed by atoms with Gasteiger partial charge in [0.15, 0.2) is 0 Å². The molecule has 0 spiro atoms. The Balaban J connectivity index is 1.29. The molecule has 44 heavy (non-hydrogen) atoms. The Morgan fingerprint density at radius 2 is 1.86 bits per heavy atom. The molecule has 2 N–H and O–H groups in total. The number of nitrogens with one attached hydrogen (secondary N) is 1. The van der Waals surface area contributed by atoms with Crippen molar-refractivity contribution in [3.8, 4) is 0 Å². The predicted molar refractivity (Wildman–Crippen MR) is 166 cm³/mol. The number of benzene rings is 1. The Morgan fingerprint density at radius 1 is 1.14 bits per heavy atom. The number of carbonyl (C=O) groups is 2. The van der Waals surface area contributed by atoms with E-state index in [1.54, 1.807) is 43.5 Å². The predicted octanol–water partition coefficient (Wildman–Crippen LogP) is 3.29. The minimum atomic E-state index is -3.60. The number of nitrogens with zero attached hydrogens (tertiary/aromatic N) is 1. The maximum absolute atomic E-state index is 13.8. The molecule has 11 heteroatoms. The molecule has 0 bridgehead atoms. The molecule has 1 heterocycles. The lowest BCUT2D eigenvalue weighted by atomic mass is 9.88. The van der Waals surface area contributed by atoms with Crippen LogP contribution in [0.15, 0.2) is 46.9 Å². The third kappa shape index (κ3) is 7.39. The van der Waals surface area contributed by atoms with E-state index >= 15 is 0 Å². The van der Waals surface area contributed by atoms with Crippen LogP contribution in [-0.2, 0) is 21.2 Å². The molecule has 5 rings (SSSR count). The summed E-state index contributed by atoms with van der Waals surface area (Å²) in [4.78, 5) is 24.1. The van der Waals surface area contributed by atoms with Crippen LogP contribution in [0.2, 0.25) is 0 Å². The number of ether oxygens (including phenoxy) is 1. The molecule has 1 fully saturated rings. The number of hydrogen-bond donors (Lipinski definition) is 2. The molecule has 3 aliphatic rings. The zero-order valence-corrected chi connectivity index (χ0v) is 25.8. The van der Waals surface area contributed by atoms with Gasteiger partial charge < -0.3 is 19.6 Å². The summed E-state index contributed by atoms with van der Waals surface area (Å²) in [7, 11) is -2.05. The standard InChI is InChI=1S/C33H39FN2O7S/c1-35-32(37)30-27-19-26(22-10-11-22)28(20-29(27)43-31(30)23-12-14-25(34)15-13-23)36(44(2,40)41)16-4-18-42-17-3-5-21-6-8-24(9-7-21)33(38)39/h6-9,12-14,19-20,22,25-26,28H,3-5,10-11,15-18H2,1-2H3,(H,35,37)(H,38,39). The second kappa shape index (κ2) is 13.6. The van der Waals surface area contributed by atoms with E-state index in [-0.39, 0.29) is 30.4 Å². The van der Waals surface area contributed by atoms with Crippen molar-refractivity contribution in [2.75, 3.05) is 33.1 Å². The van der Waals surface area contributed by atoms with Crippen molar-refractivity contribution in [3.63, 3.8) is 0 Å². The first-order valence-corrected chi connectivity index (χ1v) is 16.9. The number of aryl methyl sites for hydroxylation is 1. The SMILES string of the molecule is CNC(=O)c1c(C2=CCC(F)C=C2)oc2c1=CC(C1CC1)C(N(CCCOCCCc1ccc(C(=O)O)cc1)S(C)(=O)=O)C=2. The van der Waals surface area contributed by atoms with Gasteiger partial charge in [-0.2, -0.15) is 4.31 Å². The van der Waals surface area contributed by atoms with Gasteiger partial charge >= 0.3 is 5.97 Å². The van der Waals surface area contributed by atoms with E-state index in [2.05, 4.69) is 5.32 Å². The largest absolute Gasteiger partial charge is 0.478 e. The van der Waals surface area contributed by atoms with E-state index in [0.717, 1.165) is 31.2 Å². The number of sulfonamides is 1. The Morgan fingerprint density at radius 3 is 2.48 bits per heavy atom. The van der Waals surface area contributed by atoms with Crippen molar-refractivity contribution in [3.05, 3.63) is 75.6 Å². The minimum absolute atomic E-state index is 0.120. The maximum atomic E-state index is 13.8. The average molecular weight is 627 g/mol. The molecule has 0 saturated heterocycles. The van der Waals surface area contributed by atoms with Crippen LogP contribution in [-0.4, -0.2) is 75.0 Å². The summed E-state index contributed by atoms with van der Waals surface area (Å²) in [5, 5.41) is 12.4. The normalized spacial score (nSPS) is 21.3. The maximum Gasteiger partial charge on any atom is 0.335 e. The van der Waals surface area contributed by atoms with Crippen LogP contribution in [0.25, 0.3) is 17.7 Å². The number of aromatic carboxylic acids is 1. The number of alkyl halides is 1. The lowest BCUT2D eigenvalue weighted by Gasteiger charge is -2.33. The molecule has 236 valence electrons. The van der Waals surface area contributed by atoms with E-state index in [0.29, 0.717) is 53.1 Å². The second-order valence-electron chi connectivity index (χ2n) is 11.6. The van der Waals surface area contributed by atoms with Crippen molar-refractivity contribution < 1.29 is 36.7 Å². The Hall–Kier alpha value is -3.54. The number of carbonyl (C=O) groups excluding carboxylic acids is 1. The molecule has 0 aliphatic heterocycles. The fourth-order valence-corrected chi connectivity index (χ4v) is 7.05. The number of fused-ring (bicyclic) bond motifs is 1. The number of hydrogen-bond acceptors (Lipinski definition) is 6. The van der Waals surface area contributed by atoms with Crippen LogP contribution >= 0.6 is 0 Å². The lowest BCUT2D eigenvalue weighted by molar-refractivity contribution is 0.0696. The Bertz CT molecular complexity index is 1670. The van der Waals surface area contributed by atoms with Crippen LogP contribution < -0.4 is 16.0 Å². The number of allylic oxidation sites excluding steroid dienone is 4. The van der Waals surface area contributed by atoms with Gasteiger partial charge in [-0.25, -0.2) is 17.6 Å². The first kappa shape index (κ1) is 31.9. The molecule has 9 nitrogen and oxygen atoms in total. The van der Waals surface area contributed by atoms with Gasteiger partial charge in [-0.15, -0.1) is 0 Å². The van der Waals surface area contributed by atoms with Crippen LogP contribution in [0.4, 0.5) is 4.39 Å². The summed E-state index contributed by atoms with van der Waals surface area (Å²) in [6.45, 7) is 1.16. The van der Waals surface area contributed by atoms with E-state index in [1.165, 1.54) is 16.6 Å². The van der Waals surface area contributed by atoms with Gasteiger partial charge in [0.05, 0.1) is 23.4 Å². The highest BCUT2D eigenvalue weighted by Crippen LogP contribution is 2.42. The van der Waals surface area contributed by atoms with Crippen molar-refractivity contribution in [2.45, 2.75) is 50.7 Å². The van der Waals surface area contributed by atoms with E-state index < -0.39 is 28.2 Å². The zero-order valence-electron chi connectivity index (χ0n) is 25.0. The first-order valence-electron chi connectivity index (χ1n) is 15.0. The van der Waals surface area contributed by atoms with Crippen molar-refractivity contribution in [1.82, 2.24) is 9.62 Å². The monoisotopic (exact) mass is 626 g/mol. The highest BCUT2D eigenvalue weighted by Gasteiger charge is 2.41.